The summed E-state index contributed by atoms with van der Waals surface area (Å²) in [5.74, 6) is -4.86. The third kappa shape index (κ3) is 12.5. The Kier molecular flexibility index (Phi) is 16.3. The van der Waals surface area contributed by atoms with Gasteiger partial charge < -0.3 is 59.4 Å². The third-order valence-corrected chi connectivity index (χ3v) is 7.66. The Labute approximate surface area is 279 Å². The number of carboxylic acid groups (broad SMARTS) is 1. The summed E-state index contributed by atoms with van der Waals surface area (Å²) in [6.45, 7) is 3.15. The molecule has 0 spiro atoms. The number of aliphatic hydroxyl groups excluding tert-OH is 1. The van der Waals surface area contributed by atoms with E-state index in [9.17, 15) is 34.2 Å². The molecule has 5 unspecified atom stereocenters. The zero-order valence-corrected chi connectivity index (χ0v) is 27.4. The van der Waals surface area contributed by atoms with Crippen LogP contribution in [0.1, 0.15) is 51.5 Å². The number of aliphatic imine (C=N–C) groups is 1. The van der Waals surface area contributed by atoms with E-state index in [4.69, 9.17) is 22.9 Å². The molecule has 266 valence electrons. The predicted molar refractivity (Wildman–Crippen MR) is 180 cm³/mol. The fourth-order valence-corrected chi connectivity index (χ4v) is 4.93. The van der Waals surface area contributed by atoms with Crippen molar-refractivity contribution in [2.24, 2.45) is 33.8 Å². The number of amides is 4. The number of para-hydroxylation sites is 1. The number of aliphatic hydroxyl groups is 1. The molecule has 5 atom stereocenters. The van der Waals surface area contributed by atoms with Crippen molar-refractivity contribution in [3.8, 4) is 0 Å². The van der Waals surface area contributed by atoms with Gasteiger partial charge in [0.2, 0.25) is 23.6 Å². The molecule has 0 saturated heterocycles. The first-order valence-electron chi connectivity index (χ1n) is 15.9. The van der Waals surface area contributed by atoms with Crippen LogP contribution in [-0.2, 0) is 30.4 Å². The maximum Gasteiger partial charge on any atom is 0.326 e. The number of carbonyl (C=O) groups excluding carboxylic acids is 4. The highest BCUT2D eigenvalue weighted by atomic mass is 16.4. The molecule has 1 aromatic heterocycles. The Morgan fingerprint density at radius 1 is 0.854 bits per heavy atom. The molecule has 0 aliphatic rings. The minimum absolute atomic E-state index is 0.0000845. The van der Waals surface area contributed by atoms with Crippen LogP contribution in [0.2, 0.25) is 0 Å². The largest absolute Gasteiger partial charge is 0.480 e. The van der Waals surface area contributed by atoms with E-state index >= 15 is 0 Å². The minimum Gasteiger partial charge on any atom is -0.480 e. The second-order valence-corrected chi connectivity index (χ2v) is 11.8. The summed E-state index contributed by atoms with van der Waals surface area (Å²) in [6, 6.07) is 1.19. The lowest BCUT2D eigenvalue weighted by atomic mass is 10.0. The Balaban J connectivity index is 2.23. The number of fused-ring (bicyclic) bond motifs is 1. The first-order chi connectivity index (χ1) is 22.8. The van der Waals surface area contributed by atoms with Crippen molar-refractivity contribution in [2.75, 3.05) is 19.7 Å². The van der Waals surface area contributed by atoms with Crippen LogP contribution in [0, 0.1) is 5.92 Å². The number of carbonyl (C=O) groups is 5. The molecule has 0 radical (unpaired) electrons. The Hall–Kier alpha value is -4.74. The first kappa shape index (κ1) is 39.4. The SMILES string of the molecule is CC(C)C(NC(=O)C(N)CCCCN)C(=O)NC(CO)C(=O)NC(Cc1c[nH]c2ccccc12)C(=O)NC(CCCN=C(N)N)C(=O)O. The number of aromatic nitrogens is 1. The quantitative estimate of drug-likeness (QED) is 0.0387. The van der Waals surface area contributed by atoms with Crippen molar-refractivity contribution < 1.29 is 34.2 Å². The van der Waals surface area contributed by atoms with E-state index in [0.29, 0.717) is 31.4 Å². The second kappa shape index (κ2) is 19.8. The van der Waals surface area contributed by atoms with Gasteiger partial charge in [0.25, 0.3) is 0 Å². The number of nitrogens with zero attached hydrogens (tertiary/aromatic N) is 1. The van der Waals surface area contributed by atoms with E-state index in [-0.39, 0.29) is 31.8 Å². The third-order valence-electron chi connectivity index (χ3n) is 7.66. The van der Waals surface area contributed by atoms with Crippen LogP contribution in [-0.4, -0.2) is 101 Å². The number of H-pyrrole nitrogens is 1. The lowest BCUT2D eigenvalue weighted by Crippen LogP contribution is -2.60. The molecule has 2 aromatic rings. The molecule has 17 heteroatoms. The zero-order valence-electron chi connectivity index (χ0n) is 27.4. The van der Waals surface area contributed by atoms with E-state index in [0.717, 1.165) is 10.9 Å². The van der Waals surface area contributed by atoms with Gasteiger partial charge in [-0.1, -0.05) is 38.5 Å². The second-order valence-electron chi connectivity index (χ2n) is 11.8. The van der Waals surface area contributed by atoms with Crippen molar-refractivity contribution in [2.45, 2.75) is 82.6 Å². The number of unbranched alkanes of at least 4 members (excludes halogenated alkanes) is 1. The topological polar surface area (TPSA) is 306 Å². The molecule has 0 saturated carbocycles. The molecule has 48 heavy (non-hydrogen) atoms. The standard InChI is InChI=1S/C31H50N10O7/c1-17(2)25(41-26(43)20(33)9-5-6-12-32)29(46)40-24(16-42)28(45)39-23(14-18-15-37-21-10-4-3-8-19(18)21)27(44)38-22(30(47)48)11-7-13-36-31(34)35/h3-4,8,10,15,17,20,22-25,37,42H,5-7,9,11-14,16,32-33H2,1-2H3,(H,38,44)(H,39,45)(H,40,46)(H,41,43)(H,47,48)(H4,34,35,36). The molecule has 2 rings (SSSR count). The van der Waals surface area contributed by atoms with Crippen molar-refractivity contribution in [1.82, 2.24) is 26.3 Å². The monoisotopic (exact) mass is 674 g/mol. The number of carboxylic acids is 1. The molecule has 1 heterocycles. The average molecular weight is 675 g/mol. The molecule has 0 aliphatic carbocycles. The van der Waals surface area contributed by atoms with Gasteiger partial charge in [-0.05, 0) is 49.8 Å². The summed E-state index contributed by atoms with van der Waals surface area (Å²) in [4.78, 5) is 71.7. The van der Waals surface area contributed by atoms with Crippen LogP contribution < -0.4 is 44.2 Å². The molecule has 1 aromatic carbocycles. The maximum absolute atomic E-state index is 13.5. The van der Waals surface area contributed by atoms with Gasteiger partial charge in [-0.15, -0.1) is 0 Å². The summed E-state index contributed by atoms with van der Waals surface area (Å²) in [5, 5.41) is 30.7. The molecule has 4 amide bonds. The summed E-state index contributed by atoms with van der Waals surface area (Å²) in [7, 11) is 0. The first-order valence-corrected chi connectivity index (χ1v) is 15.9. The summed E-state index contributed by atoms with van der Waals surface area (Å²) < 4.78 is 0. The van der Waals surface area contributed by atoms with Gasteiger partial charge in [-0.3, -0.25) is 24.2 Å². The Morgan fingerprint density at radius 2 is 1.50 bits per heavy atom. The fourth-order valence-electron chi connectivity index (χ4n) is 4.93. The van der Waals surface area contributed by atoms with Crippen LogP contribution in [0.25, 0.3) is 10.9 Å². The predicted octanol–water partition coefficient (Wildman–Crippen LogP) is -2.11. The number of aromatic amines is 1. The van der Waals surface area contributed by atoms with E-state index < -0.39 is 72.3 Å². The maximum atomic E-state index is 13.5. The summed E-state index contributed by atoms with van der Waals surface area (Å²) in [6.07, 6.45) is 3.56. The number of nitrogens with two attached hydrogens (primary N) is 4. The number of hydrogen-bond acceptors (Lipinski definition) is 9. The van der Waals surface area contributed by atoms with Crippen molar-refractivity contribution in [1.29, 1.82) is 0 Å². The van der Waals surface area contributed by atoms with E-state index in [1.165, 1.54) is 0 Å². The lowest BCUT2D eigenvalue weighted by molar-refractivity contribution is -0.142. The van der Waals surface area contributed by atoms with Gasteiger partial charge in [0, 0.05) is 30.1 Å². The fraction of sp³-hybridized carbons (Fsp3) is 0.548. The number of hydrogen-bond donors (Lipinski definition) is 11. The molecule has 17 nitrogen and oxygen atoms in total. The molecule has 0 bridgehead atoms. The molecular weight excluding hydrogens is 624 g/mol. The number of aliphatic carboxylic acids is 1. The van der Waals surface area contributed by atoms with Gasteiger partial charge >= 0.3 is 5.97 Å². The van der Waals surface area contributed by atoms with Crippen molar-refractivity contribution in [3.63, 3.8) is 0 Å². The van der Waals surface area contributed by atoms with Gasteiger partial charge in [-0.25, -0.2) is 4.79 Å². The van der Waals surface area contributed by atoms with Crippen LogP contribution >= 0.6 is 0 Å². The van der Waals surface area contributed by atoms with Gasteiger partial charge in [0.05, 0.1) is 12.6 Å². The Bertz CT molecular complexity index is 1410. The Morgan fingerprint density at radius 3 is 2.12 bits per heavy atom. The zero-order chi connectivity index (χ0) is 35.8. The van der Waals surface area contributed by atoms with Gasteiger partial charge in [-0.2, -0.15) is 0 Å². The number of guanidine groups is 1. The molecule has 0 aliphatic heterocycles. The van der Waals surface area contributed by atoms with Gasteiger partial charge in [0.1, 0.15) is 24.2 Å². The molecule has 0 fully saturated rings. The highest BCUT2D eigenvalue weighted by Gasteiger charge is 2.33. The van der Waals surface area contributed by atoms with Crippen molar-refractivity contribution >= 4 is 46.5 Å². The number of benzene rings is 1. The summed E-state index contributed by atoms with van der Waals surface area (Å²) in [5.41, 5.74) is 23.5. The highest BCUT2D eigenvalue weighted by molar-refractivity contribution is 5.96. The van der Waals surface area contributed by atoms with E-state index in [2.05, 4.69) is 31.2 Å². The van der Waals surface area contributed by atoms with E-state index in [1.54, 1.807) is 26.1 Å². The molecular formula is C31H50N10O7. The van der Waals surface area contributed by atoms with E-state index in [1.807, 2.05) is 18.2 Å². The highest BCUT2D eigenvalue weighted by Crippen LogP contribution is 2.19. The van der Waals surface area contributed by atoms with Crippen LogP contribution in [0.4, 0.5) is 0 Å². The number of nitrogens with one attached hydrogen (secondary N) is 5. The van der Waals surface area contributed by atoms with Gasteiger partial charge in [0.15, 0.2) is 5.96 Å². The van der Waals surface area contributed by atoms with Crippen LogP contribution in [0.5, 0.6) is 0 Å². The number of rotatable bonds is 21. The minimum atomic E-state index is -1.51. The average Bonchev–Trinajstić information content (AvgIpc) is 3.45. The van der Waals surface area contributed by atoms with Crippen LogP contribution in [0.15, 0.2) is 35.5 Å². The van der Waals surface area contributed by atoms with Crippen LogP contribution in [0.3, 0.4) is 0 Å². The summed E-state index contributed by atoms with van der Waals surface area (Å²) >= 11 is 0. The normalized spacial score (nSPS) is 14.3. The smallest absolute Gasteiger partial charge is 0.326 e. The van der Waals surface area contributed by atoms with Crippen molar-refractivity contribution in [3.05, 3.63) is 36.0 Å². The molecule has 15 N–H and O–H groups in total. The lowest BCUT2D eigenvalue weighted by Gasteiger charge is -2.27.